The highest BCUT2D eigenvalue weighted by Gasteiger charge is 2.34. The molecule has 0 aliphatic rings. The second kappa shape index (κ2) is 9.63. The molecule has 0 aliphatic carbocycles. The summed E-state index contributed by atoms with van der Waals surface area (Å²) in [5.41, 5.74) is -0.0222. The number of ether oxygens (including phenoxy) is 2. The van der Waals surface area contributed by atoms with Crippen LogP contribution in [-0.4, -0.2) is 51.9 Å². The minimum atomic E-state index is -5.04. The van der Waals surface area contributed by atoms with Crippen molar-refractivity contribution in [2.45, 2.75) is 17.7 Å². The first-order valence-corrected chi connectivity index (χ1v) is 10.6. The van der Waals surface area contributed by atoms with Gasteiger partial charge >= 0.3 is 6.36 Å². The predicted octanol–water partition coefficient (Wildman–Crippen LogP) is 3.87. The number of hydrogen-bond acceptors (Lipinski definition) is 6. The second-order valence-corrected chi connectivity index (χ2v) is 8.68. The minimum Gasteiger partial charge on any atom is -0.476 e. The molecule has 7 nitrogen and oxygen atoms in total. The van der Waals surface area contributed by atoms with Crippen LogP contribution in [0.5, 0.6) is 11.6 Å². The lowest BCUT2D eigenvalue weighted by Crippen LogP contribution is -2.21. The largest absolute Gasteiger partial charge is 0.573 e. The molecular formula is C17H19BrF3N3O4S. The molecule has 0 saturated carbocycles. The van der Waals surface area contributed by atoms with Gasteiger partial charge in [0.05, 0.1) is 6.61 Å². The Morgan fingerprint density at radius 2 is 1.93 bits per heavy atom. The maximum absolute atomic E-state index is 12.7. The van der Waals surface area contributed by atoms with E-state index in [1.165, 1.54) is 24.4 Å². The van der Waals surface area contributed by atoms with Gasteiger partial charge < -0.3 is 14.4 Å². The van der Waals surface area contributed by atoms with Crippen molar-refractivity contribution in [2.75, 3.05) is 32.0 Å². The highest BCUT2D eigenvalue weighted by Crippen LogP contribution is 2.33. The maximum Gasteiger partial charge on any atom is 0.573 e. The zero-order valence-corrected chi connectivity index (χ0v) is 17.9. The van der Waals surface area contributed by atoms with Crippen molar-refractivity contribution in [2.24, 2.45) is 0 Å². The Morgan fingerprint density at radius 3 is 2.59 bits per heavy atom. The lowest BCUT2D eigenvalue weighted by molar-refractivity contribution is -0.275. The molecule has 2 aromatic rings. The molecule has 0 bridgehead atoms. The lowest BCUT2D eigenvalue weighted by atomic mass is 10.3. The molecule has 0 radical (unpaired) electrons. The molecular weight excluding hydrogens is 479 g/mol. The number of sulfonamides is 1. The number of nitrogens with zero attached hydrogens (tertiary/aromatic N) is 2. The maximum atomic E-state index is 12.7. The van der Waals surface area contributed by atoms with Gasteiger partial charge in [0.15, 0.2) is 0 Å². The van der Waals surface area contributed by atoms with Crippen LogP contribution in [0.25, 0.3) is 0 Å². The normalized spacial score (nSPS) is 12.1. The van der Waals surface area contributed by atoms with Gasteiger partial charge in [-0.1, -0.05) is 12.1 Å². The SMILES string of the molecule is CN(C)CCCOc1ncc(Br)cc1NS(=O)(=O)c1ccccc1OC(F)(F)F. The summed E-state index contributed by atoms with van der Waals surface area (Å²) in [6.45, 7) is 1.02. The summed E-state index contributed by atoms with van der Waals surface area (Å²) in [4.78, 5) is 5.32. The summed E-state index contributed by atoms with van der Waals surface area (Å²) in [6.07, 6.45) is -2.96. The van der Waals surface area contributed by atoms with Crippen molar-refractivity contribution in [3.05, 3.63) is 41.0 Å². The van der Waals surface area contributed by atoms with Crippen molar-refractivity contribution in [1.29, 1.82) is 0 Å². The zero-order valence-electron chi connectivity index (χ0n) is 15.5. The van der Waals surface area contributed by atoms with Crippen LogP contribution in [0.2, 0.25) is 0 Å². The van der Waals surface area contributed by atoms with Gasteiger partial charge in [-0.3, -0.25) is 4.72 Å². The number of halogens is 4. The fourth-order valence-corrected chi connectivity index (χ4v) is 3.75. The van der Waals surface area contributed by atoms with E-state index >= 15 is 0 Å². The van der Waals surface area contributed by atoms with E-state index < -0.39 is 27.0 Å². The number of rotatable bonds is 9. The first-order valence-electron chi connectivity index (χ1n) is 8.28. The van der Waals surface area contributed by atoms with E-state index in [0.29, 0.717) is 10.9 Å². The topological polar surface area (TPSA) is 80.8 Å². The van der Waals surface area contributed by atoms with E-state index in [0.717, 1.165) is 18.7 Å². The van der Waals surface area contributed by atoms with Crippen molar-refractivity contribution >= 4 is 31.6 Å². The lowest BCUT2D eigenvalue weighted by Gasteiger charge is -2.16. The molecule has 2 rings (SSSR count). The highest BCUT2D eigenvalue weighted by atomic mass is 79.9. The van der Waals surface area contributed by atoms with Crippen molar-refractivity contribution in [1.82, 2.24) is 9.88 Å². The van der Waals surface area contributed by atoms with Crippen molar-refractivity contribution in [3.8, 4) is 11.6 Å². The number of nitrogens with one attached hydrogen (secondary N) is 1. The fraction of sp³-hybridized carbons (Fsp3) is 0.353. The van der Waals surface area contributed by atoms with E-state index in [4.69, 9.17) is 4.74 Å². The van der Waals surface area contributed by atoms with Gasteiger partial charge in [0.25, 0.3) is 10.0 Å². The molecule has 0 atom stereocenters. The Morgan fingerprint density at radius 1 is 1.24 bits per heavy atom. The van der Waals surface area contributed by atoms with Crippen LogP contribution >= 0.6 is 15.9 Å². The number of benzene rings is 1. The van der Waals surface area contributed by atoms with Crippen molar-refractivity contribution < 1.29 is 31.1 Å². The van der Waals surface area contributed by atoms with Crippen LogP contribution in [0, 0.1) is 0 Å². The molecule has 0 spiro atoms. The van der Waals surface area contributed by atoms with Crippen LogP contribution in [0.4, 0.5) is 18.9 Å². The van der Waals surface area contributed by atoms with Gasteiger partial charge in [-0.15, -0.1) is 13.2 Å². The summed E-state index contributed by atoms with van der Waals surface area (Å²) in [5, 5.41) is 0. The molecule has 0 saturated heterocycles. The van der Waals surface area contributed by atoms with Crippen LogP contribution in [0.1, 0.15) is 6.42 Å². The number of pyridine rings is 1. The van der Waals surface area contributed by atoms with E-state index in [1.807, 2.05) is 19.0 Å². The Labute approximate surface area is 175 Å². The molecule has 29 heavy (non-hydrogen) atoms. The van der Waals surface area contributed by atoms with Crippen LogP contribution in [0.3, 0.4) is 0 Å². The summed E-state index contributed by atoms with van der Waals surface area (Å²) in [6, 6.07) is 5.85. The first-order chi connectivity index (χ1) is 13.5. The molecule has 12 heteroatoms. The van der Waals surface area contributed by atoms with Gasteiger partial charge in [-0.05, 0) is 54.6 Å². The number of hydrogen-bond donors (Lipinski definition) is 1. The number of anilines is 1. The second-order valence-electron chi connectivity index (χ2n) is 6.11. The van der Waals surface area contributed by atoms with Gasteiger partial charge in [-0.2, -0.15) is 0 Å². The summed E-state index contributed by atoms with van der Waals surface area (Å²) < 4.78 is 75.3. The molecule has 0 aliphatic heterocycles. The summed E-state index contributed by atoms with van der Waals surface area (Å²) in [5.74, 6) is -0.839. The monoisotopic (exact) mass is 497 g/mol. The molecule has 0 fully saturated rings. The molecule has 0 amide bonds. The summed E-state index contributed by atoms with van der Waals surface area (Å²) >= 11 is 3.18. The highest BCUT2D eigenvalue weighted by molar-refractivity contribution is 9.10. The third-order valence-electron chi connectivity index (χ3n) is 3.41. The molecule has 1 aromatic heterocycles. The van der Waals surface area contributed by atoms with Crippen LogP contribution < -0.4 is 14.2 Å². The van der Waals surface area contributed by atoms with E-state index in [2.05, 4.69) is 30.4 Å². The number of para-hydroxylation sites is 1. The van der Waals surface area contributed by atoms with Crippen LogP contribution in [0.15, 0.2) is 45.9 Å². The van der Waals surface area contributed by atoms with Crippen LogP contribution in [-0.2, 0) is 10.0 Å². The third kappa shape index (κ3) is 7.37. The average molecular weight is 498 g/mol. The molecule has 1 N–H and O–H groups in total. The van der Waals surface area contributed by atoms with Gasteiger partial charge in [0.1, 0.15) is 16.3 Å². The minimum absolute atomic E-state index is 0.00440. The number of aromatic nitrogens is 1. The fourth-order valence-electron chi connectivity index (χ4n) is 2.25. The number of alkyl halides is 3. The Kier molecular flexibility index (Phi) is 7.72. The molecule has 1 heterocycles. The Hall–Kier alpha value is -2.05. The summed E-state index contributed by atoms with van der Waals surface area (Å²) in [7, 11) is -0.622. The van der Waals surface area contributed by atoms with Gasteiger partial charge in [0.2, 0.25) is 5.88 Å². The van der Waals surface area contributed by atoms with Gasteiger partial charge in [0, 0.05) is 17.2 Å². The standard InChI is InChI=1S/C17H19BrF3N3O4S/c1-24(2)8-5-9-27-16-13(10-12(18)11-22-16)23-29(25,26)15-7-4-3-6-14(15)28-17(19,20)21/h3-4,6-7,10-11,23H,5,8-9H2,1-2H3. The Balaban J connectivity index is 2.28. The van der Waals surface area contributed by atoms with E-state index in [9.17, 15) is 21.6 Å². The van der Waals surface area contributed by atoms with E-state index in [-0.39, 0.29) is 18.2 Å². The van der Waals surface area contributed by atoms with Crippen molar-refractivity contribution in [3.63, 3.8) is 0 Å². The first kappa shape index (κ1) is 23.2. The quantitative estimate of drug-likeness (QED) is 0.529. The molecule has 160 valence electrons. The van der Waals surface area contributed by atoms with E-state index in [1.54, 1.807) is 0 Å². The Bertz CT molecular complexity index is 940. The predicted molar refractivity (Wildman–Crippen MR) is 105 cm³/mol. The molecule has 0 unspecified atom stereocenters. The van der Waals surface area contributed by atoms with Gasteiger partial charge in [-0.25, -0.2) is 13.4 Å². The zero-order chi connectivity index (χ0) is 21.7. The average Bonchev–Trinajstić information content (AvgIpc) is 2.58. The molecule has 1 aromatic carbocycles. The smallest absolute Gasteiger partial charge is 0.476 e. The third-order valence-corrected chi connectivity index (χ3v) is 5.25.